The highest BCUT2D eigenvalue weighted by molar-refractivity contribution is 5.92. The fourth-order valence-corrected chi connectivity index (χ4v) is 3.32. The quantitative estimate of drug-likeness (QED) is 0.243. The lowest BCUT2D eigenvalue weighted by molar-refractivity contribution is -0.384. The largest absolute Gasteiger partial charge is 0.430 e. The van der Waals surface area contributed by atoms with Crippen LogP contribution in [0.1, 0.15) is 11.1 Å². The van der Waals surface area contributed by atoms with Gasteiger partial charge in [-0.05, 0) is 29.3 Å². The molecule has 6 nitrogen and oxygen atoms in total. The van der Waals surface area contributed by atoms with Crippen LogP contribution in [0.4, 0.5) is 42.1 Å². The minimum atomic E-state index is -6.15. The van der Waals surface area contributed by atoms with Gasteiger partial charge in [0.05, 0.1) is 11.3 Å². The molecule has 0 bridgehead atoms. The van der Waals surface area contributed by atoms with Crippen molar-refractivity contribution in [3.05, 3.63) is 93.8 Å². The van der Waals surface area contributed by atoms with Crippen LogP contribution in [-0.2, 0) is 16.8 Å². The zero-order chi connectivity index (χ0) is 26.9. The maximum Gasteiger partial charge on any atom is 0.430 e. The Labute approximate surface area is 198 Å². The first-order chi connectivity index (χ1) is 16.6. The standard InChI is InChI=1S/C23H15F7N2O4/c24-19-12-15(21(34,22(25,26)27)23(28,29)30)5-10-18(19)14-3-6-16(7-4-14)31-20(33)11-13-1-8-17(9-2-13)32(35)36/h1-10,12,34H,11H2,(H,31,33). The number of carbonyl (C=O) groups is 1. The lowest BCUT2D eigenvalue weighted by Crippen LogP contribution is -2.53. The number of non-ortho nitro benzene ring substituents is 1. The molecule has 0 radical (unpaired) electrons. The van der Waals surface area contributed by atoms with Gasteiger partial charge >= 0.3 is 12.4 Å². The molecule has 3 rings (SSSR count). The number of nitrogens with zero attached hydrogens (tertiary/aromatic N) is 1. The number of amides is 1. The molecule has 36 heavy (non-hydrogen) atoms. The molecule has 0 unspecified atom stereocenters. The molecule has 0 aliphatic heterocycles. The summed E-state index contributed by atoms with van der Waals surface area (Å²) in [4.78, 5) is 22.3. The lowest BCUT2D eigenvalue weighted by atomic mass is 9.90. The minimum Gasteiger partial charge on any atom is -0.369 e. The smallest absolute Gasteiger partial charge is 0.369 e. The van der Waals surface area contributed by atoms with E-state index in [4.69, 9.17) is 0 Å². The fourth-order valence-electron chi connectivity index (χ4n) is 3.32. The summed E-state index contributed by atoms with van der Waals surface area (Å²) in [6, 6.07) is 11.5. The van der Waals surface area contributed by atoms with Gasteiger partial charge in [-0.2, -0.15) is 26.3 Å². The summed E-state index contributed by atoms with van der Waals surface area (Å²) < 4.78 is 92.7. The van der Waals surface area contributed by atoms with Crippen LogP contribution in [-0.4, -0.2) is 28.3 Å². The van der Waals surface area contributed by atoms with E-state index in [0.717, 1.165) is 0 Å². The molecular weight excluding hydrogens is 501 g/mol. The van der Waals surface area contributed by atoms with Gasteiger partial charge in [-0.3, -0.25) is 14.9 Å². The van der Waals surface area contributed by atoms with Crippen LogP contribution >= 0.6 is 0 Å². The van der Waals surface area contributed by atoms with E-state index in [-0.39, 0.29) is 35.0 Å². The summed E-state index contributed by atoms with van der Waals surface area (Å²) >= 11 is 0. The topological polar surface area (TPSA) is 92.5 Å². The van der Waals surface area contributed by atoms with Gasteiger partial charge < -0.3 is 10.4 Å². The maximum atomic E-state index is 14.5. The second kappa shape index (κ2) is 9.57. The highest BCUT2D eigenvalue weighted by Crippen LogP contribution is 2.50. The molecule has 190 valence electrons. The molecule has 0 atom stereocenters. The number of nitro benzene ring substituents is 1. The lowest BCUT2D eigenvalue weighted by Gasteiger charge is -2.32. The van der Waals surface area contributed by atoms with Crippen molar-refractivity contribution in [3.63, 3.8) is 0 Å². The van der Waals surface area contributed by atoms with E-state index in [0.29, 0.717) is 17.7 Å². The van der Waals surface area contributed by atoms with Crippen molar-refractivity contribution in [2.24, 2.45) is 0 Å². The third kappa shape index (κ3) is 5.30. The van der Waals surface area contributed by atoms with Crippen molar-refractivity contribution < 1.29 is 45.6 Å². The average Bonchev–Trinajstić information content (AvgIpc) is 2.78. The first-order valence-corrected chi connectivity index (χ1v) is 9.93. The number of anilines is 1. The molecule has 0 aliphatic rings. The molecular formula is C23H15F7N2O4. The van der Waals surface area contributed by atoms with Gasteiger partial charge in [0, 0.05) is 28.9 Å². The van der Waals surface area contributed by atoms with Gasteiger partial charge in [0.15, 0.2) is 0 Å². The average molecular weight is 516 g/mol. The second-order valence-corrected chi connectivity index (χ2v) is 7.63. The van der Waals surface area contributed by atoms with Crippen LogP contribution in [0.2, 0.25) is 0 Å². The molecule has 0 saturated heterocycles. The summed E-state index contributed by atoms with van der Waals surface area (Å²) in [5.41, 5.74) is -6.63. The van der Waals surface area contributed by atoms with Crippen molar-refractivity contribution in [3.8, 4) is 11.1 Å². The van der Waals surface area contributed by atoms with Crippen LogP contribution < -0.4 is 5.32 Å². The van der Waals surface area contributed by atoms with Crippen LogP contribution in [0.3, 0.4) is 0 Å². The van der Waals surface area contributed by atoms with Crippen LogP contribution in [0, 0.1) is 15.9 Å². The Morgan fingerprint density at radius 3 is 1.92 bits per heavy atom. The van der Waals surface area contributed by atoms with Gasteiger partial charge in [-0.15, -0.1) is 0 Å². The highest BCUT2D eigenvalue weighted by Gasteiger charge is 2.71. The van der Waals surface area contributed by atoms with Crippen molar-refractivity contribution in [1.82, 2.24) is 0 Å². The number of halogens is 7. The van der Waals surface area contributed by atoms with Gasteiger partial charge in [0.1, 0.15) is 5.82 Å². The van der Waals surface area contributed by atoms with Gasteiger partial charge in [-0.25, -0.2) is 4.39 Å². The Hall–Kier alpha value is -4.00. The van der Waals surface area contributed by atoms with Crippen molar-refractivity contribution in [1.29, 1.82) is 0 Å². The highest BCUT2D eigenvalue weighted by atomic mass is 19.4. The van der Waals surface area contributed by atoms with Crippen LogP contribution in [0.5, 0.6) is 0 Å². The Morgan fingerprint density at radius 2 is 1.44 bits per heavy atom. The first-order valence-electron chi connectivity index (χ1n) is 9.93. The van der Waals surface area contributed by atoms with E-state index in [9.17, 15) is 50.7 Å². The molecule has 13 heteroatoms. The number of alkyl halides is 6. The second-order valence-electron chi connectivity index (χ2n) is 7.63. The zero-order valence-corrected chi connectivity index (χ0v) is 17.8. The SMILES string of the molecule is O=C(Cc1ccc([N+](=O)[O-])cc1)Nc1ccc(-c2ccc(C(O)(C(F)(F)F)C(F)(F)F)cc2F)cc1. The molecule has 3 aromatic carbocycles. The summed E-state index contributed by atoms with van der Waals surface area (Å²) in [6.07, 6.45) is -12.4. The number of hydrogen-bond acceptors (Lipinski definition) is 4. The van der Waals surface area contributed by atoms with Crippen molar-refractivity contribution in [2.45, 2.75) is 24.4 Å². The molecule has 0 saturated carbocycles. The molecule has 3 aromatic rings. The predicted molar refractivity (Wildman–Crippen MR) is 113 cm³/mol. The van der Waals surface area contributed by atoms with Crippen LogP contribution in [0.15, 0.2) is 66.7 Å². The summed E-state index contributed by atoms with van der Waals surface area (Å²) in [5.74, 6) is -1.92. The maximum absolute atomic E-state index is 14.5. The van der Waals surface area contributed by atoms with Crippen LogP contribution in [0.25, 0.3) is 11.1 Å². The molecule has 0 aromatic heterocycles. The van der Waals surface area contributed by atoms with E-state index in [1.54, 1.807) is 0 Å². The number of aliphatic hydroxyl groups is 1. The Bertz CT molecular complexity index is 1260. The van der Waals surface area contributed by atoms with E-state index >= 15 is 0 Å². The molecule has 0 aliphatic carbocycles. The molecule has 2 N–H and O–H groups in total. The van der Waals surface area contributed by atoms with Crippen molar-refractivity contribution in [2.75, 3.05) is 5.32 Å². The number of nitro groups is 1. The predicted octanol–water partition coefficient (Wildman–Crippen LogP) is 5.89. The summed E-state index contributed by atoms with van der Waals surface area (Å²) in [6.45, 7) is 0. The minimum absolute atomic E-state index is 0.0315. The van der Waals surface area contributed by atoms with Gasteiger partial charge in [0.2, 0.25) is 5.91 Å². The fraction of sp³-hybridized carbons (Fsp3) is 0.174. The molecule has 1 amide bonds. The molecule has 0 fully saturated rings. The Morgan fingerprint density at radius 1 is 0.889 bits per heavy atom. The van der Waals surface area contributed by atoms with E-state index in [1.807, 2.05) is 0 Å². The van der Waals surface area contributed by atoms with E-state index < -0.39 is 40.2 Å². The first kappa shape index (κ1) is 26.6. The number of benzene rings is 3. The number of rotatable bonds is 6. The molecule has 0 heterocycles. The zero-order valence-electron chi connectivity index (χ0n) is 17.8. The van der Waals surface area contributed by atoms with E-state index in [2.05, 4.69) is 5.32 Å². The third-order valence-electron chi connectivity index (χ3n) is 5.20. The number of carbonyl (C=O) groups excluding carboxylic acids is 1. The number of hydrogen-bond donors (Lipinski definition) is 2. The summed E-state index contributed by atoms with van der Waals surface area (Å²) in [7, 11) is 0. The summed E-state index contributed by atoms with van der Waals surface area (Å²) in [5, 5.41) is 22.6. The molecule has 0 spiro atoms. The normalized spacial score (nSPS) is 12.3. The number of nitrogens with one attached hydrogen (secondary N) is 1. The van der Waals surface area contributed by atoms with Crippen molar-refractivity contribution >= 4 is 17.3 Å². The van der Waals surface area contributed by atoms with E-state index in [1.165, 1.54) is 48.5 Å². The Balaban J connectivity index is 1.76. The monoisotopic (exact) mass is 516 g/mol. The Kier molecular flexibility index (Phi) is 7.07. The van der Waals surface area contributed by atoms with Gasteiger partial charge in [-0.1, -0.05) is 36.4 Å². The third-order valence-corrected chi connectivity index (χ3v) is 5.20. The van der Waals surface area contributed by atoms with Gasteiger partial charge in [0.25, 0.3) is 11.3 Å².